The first kappa shape index (κ1) is 46.7. The van der Waals surface area contributed by atoms with E-state index in [1.54, 1.807) is 60.3 Å². The predicted molar refractivity (Wildman–Crippen MR) is 258 cm³/mol. The zero-order valence-corrected chi connectivity index (χ0v) is 39.7. The van der Waals surface area contributed by atoms with Gasteiger partial charge in [0.1, 0.15) is 29.3 Å². The van der Waals surface area contributed by atoms with Crippen molar-refractivity contribution < 1.29 is 23.5 Å². The minimum absolute atomic E-state index is 0.0710. The molecule has 1 saturated carbocycles. The zero-order valence-electron chi connectivity index (χ0n) is 39.7. The fraction of sp³-hybridized carbons (Fsp3) is 0.565. The molecule has 3 aliphatic heterocycles. The van der Waals surface area contributed by atoms with E-state index in [-0.39, 0.29) is 30.4 Å². The topological polar surface area (TPSA) is 218 Å². The van der Waals surface area contributed by atoms with Gasteiger partial charge in [-0.15, -0.1) is 5.10 Å². The fourth-order valence-electron chi connectivity index (χ4n) is 9.86. The van der Waals surface area contributed by atoms with Gasteiger partial charge in [0.2, 0.25) is 17.8 Å². The van der Waals surface area contributed by atoms with Crippen LogP contribution in [0.15, 0.2) is 36.9 Å². The van der Waals surface area contributed by atoms with E-state index in [4.69, 9.17) is 25.2 Å². The maximum atomic E-state index is 14.3. The lowest BCUT2D eigenvalue weighted by molar-refractivity contribution is -0.120. The number of hydrogen-bond donors (Lipinski definition) is 4. The third-order valence-electron chi connectivity index (χ3n) is 13.7. The molecular formula is C46H64FN17O4. The summed E-state index contributed by atoms with van der Waals surface area (Å²) in [5, 5.41) is 14.4. The molecule has 9 rings (SSSR count). The van der Waals surface area contributed by atoms with Crippen molar-refractivity contribution in [1.82, 2.24) is 54.4 Å². The number of ether oxygens (including phenoxy) is 2. The molecule has 68 heavy (non-hydrogen) atoms. The van der Waals surface area contributed by atoms with Crippen molar-refractivity contribution in [2.45, 2.75) is 82.7 Å². The third kappa shape index (κ3) is 9.79. The minimum atomic E-state index is -1.15. The number of rotatable bonds is 18. The molecule has 4 aliphatic rings. The lowest BCUT2D eigenvalue weighted by Crippen LogP contribution is -2.55. The van der Waals surface area contributed by atoms with Crippen LogP contribution >= 0.6 is 0 Å². The number of benzene rings is 1. The quantitative estimate of drug-likeness (QED) is 0.0922. The Hall–Kier alpha value is -6.39. The fourth-order valence-corrected chi connectivity index (χ4v) is 9.86. The molecule has 364 valence electrons. The van der Waals surface area contributed by atoms with Crippen molar-refractivity contribution in [2.24, 2.45) is 12.8 Å². The summed E-state index contributed by atoms with van der Waals surface area (Å²) in [7, 11) is 6.80. The Balaban J connectivity index is 0.715. The average Bonchev–Trinajstić information content (AvgIpc) is 4.17. The van der Waals surface area contributed by atoms with E-state index < -0.39 is 12.2 Å². The van der Waals surface area contributed by atoms with Crippen LogP contribution in [0, 0.1) is 0 Å². The number of carbonyl (C=O) groups is 2. The number of anilines is 7. The zero-order chi connectivity index (χ0) is 47.5. The molecule has 3 fully saturated rings. The van der Waals surface area contributed by atoms with Gasteiger partial charge >= 0.3 is 0 Å². The summed E-state index contributed by atoms with van der Waals surface area (Å²) in [5.41, 5.74) is 9.64. The highest BCUT2D eigenvalue weighted by molar-refractivity contribution is 6.04. The minimum Gasteiger partial charge on any atom is -0.495 e. The molecule has 0 bridgehead atoms. The van der Waals surface area contributed by atoms with E-state index >= 15 is 0 Å². The van der Waals surface area contributed by atoms with Crippen molar-refractivity contribution in [3.63, 3.8) is 0 Å². The summed E-state index contributed by atoms with van der Waals surface area (Å²) >= 11 is 0. The van der Waals surface area contributed by atoms with Crippen LogP contribution in [0.2, 0.25) is 0 Å². The van der Waals surface area contributed by atoms with Gasteiger partial charge in [-0.1, -0.05) is 19.8 Å². The number of alkyl halides is 1. The van der Waals surface area contributed by atoms with Crippen LogP contribution < -0.4 is 45.9 Å². The molecule has 3 atom stereocenters. The summed E-state index contributed by atoms with van der Waals surface area (Å²) in [5.74, 6) is 2.85. The number of aryl methyl sites for hydroxylation is 2. The number of carbonyl (C=O) groups excluding carboxylic acids is 2. The van der Waals surface area contributed by atoms with Crippen LogP contribution in [0.5, 0.6) is 11.6 Å². The SMILES string of the molecule is CC[C@@H]1C(=O)N(C)c2cnc(Nc3ccc(C(=O)NCCCN4CCN(CCCn5cc(Nc6nc(N7CC(N)[C@H](F)C7)nc7c6ncn7C)c(OC)n5)CC4)cc3OC)nc2N1C1CCCC1. The molecule has 0 radical (unpaired) electrons. The van der Waals surface area contributed by atoms with Gasteiger partial charge < -0.3 is 60.2 Å². The van der Waals surface area contributed by atoms with E-state index in [0.29, 0.717) is 89.2 Å². The second-order valence-corrected chi connectivity index (χ2v) is 18.2. The predicted octanol–water partition coefficient (Wildman–Crippen LogP) is 3.67. The summed E-state index contributed by atoms with van der Waals surface area (Å²) in [4.78, 5) is 60.5. The Morgan fingerprint density at radius 2 is 1.69 bits per heavy atom. The van der Waals surface area contributed by atoms with Gasteiger partial charge in [0.25, 0.3) is 11.8 Å². The molecule has 0 spiro atoms. The normalized spacial score (nSPS) is 20.4. The van der Waals surface area contributed by atoms with Crippen LogP contribution in [-0.2, 0) is 18.4 Å². The van der Waals surface area contributed by atoms with Crippen LogP contribution in [-0.4, -0.2) is 165 Å². The lowest BCUT2D eigenvalue weighted by atomic mass is 10.0. The van der Waals surface area contributed by atoms with Gasteiger partial charge in [-0.25, -0.2) is 14.4 Å². The Morgan fingerprint density at radius 1 is 0.926 bits per heavy atom. The summed E-state index contributed by atoms with van der Waals surface area (Å²) in [6.45, 7) is 9.44. The molecule has 1 aliphatic carbocycles. The number of imidazole rings is 1. The number of nitrogens with one attached hydrogen (secondary N) is 3. The van der Waals surface area contributed by atoms with E-state index in [9.17, 15) is 14.0 Å². The highest BCUT2D eigenvalue weighted by Gasteiger charge is 2.41. The maximum Gasteiger partial charge on any atom is 0.256 e. The van der Waals surface area contributed by atoms with Crippen molar-refractivity contribution in [3.05, 3.63) is 42.5 Å². The van der Waals surface area contributed by atoms with Gasteiger partial charge in [0.05, 0.1) is 51.2 Å². The maximum absolute atomic E-state index is 14.3. The average molecular weight is 938 g/mol. The molecule has 21 nitrogen and oxygen atoms in total. The summed E-state index contributed by atoms with van der Waals surface area (Å²) in [6.07, 6.45) is 10.9. The van der Waals surface area contributed by atoms with Crippen molar-refractivity contribution in [1.29, 1.82) is 0 Å². The molecule has 5 N–H and O–H groups in total. The number of halogens is 1. The summed E-state index contributed by atoms with van der Waals surface area (Å²) < 4.78 is 29.3. The van der Waals surface area contributed by atoms with E-state index in [1.807, 2.05) is 30.9 Å². The standard InChI is InChI=1S/C46H64FN17O4/c1-6-35-44(66)59(3)36-24-50-45(55-40(36)64(35)30-11-7-8-12-30)53-33-14-13-29(23-37(33)67-4)42(65)49-15-9-16-60-19-21-61(22-20-60)17-10-18-63-27-34(43(57-63)68-5)52-39-38-41(58(2)28-51-38)56-46(54-39)62-25-31(47)32(48)26-62/h13-14,23-24,27-28,30-32,35H,6-12,15-22,25-26,48H2,1-5H3,(H,49,65)(H,50,53,55)(H,52,54,56)/t31-,32?,35-/m1/s1. The largest absolute Gasteiger partial charge is 0.495 e. The van der Waals surface area contributed by atoms with Crippen LogP contribution in [0.1, 0.15) is 62.2 Å². The number of aromatic nitrogens is 8. The Labute approximate surface area is 395 Å². The molecule has 2 amide bonds. The number of fused-ring (bicyclic) bond motifs is 2. The number of nitrogens with two attached hydrogens (primary N) is 1. The highest BCUT2D eigenvalue weighted by Crippen LogP contribution is 2.40. The van der Waals surface area contributed by atoms with Crippen molar-refractivity contribution in [3.8, 4) is 11.6 Å². The summed E-state index contributed by atoms with van der Waals surface area (Å²) in [6, 6.07) is 4.72. The highest BCUT2D eigenvalue weighted by atomic mass is 19.1. The Bertz CT molecular complexity index is 2570. The first-order chi connectivity index (χ1) is 33.0. The number of amides is 2. The van der Waals surface area contributed by atoms with Gasteiger partial charge in [-0.05, 0) is 63.4 Å². The smallest absolute Gasteiger partial charge is 0.256 e. The third-order valence-corrected chi connectivity index (χ3v) is 13.7. The van der Waals surface area contributed by atoms with Crippen molar-refractivity contribution >= 4 is 63.6 Å². The molecule has 7 heterocycles. The molecule has 22 heteroatoms. The van der Waals surface area contributed by atoms with Gasteiger partial charge in [-0.2, -0.15) is 15.0 Å². The Morgan fingerprint density at radius 3 is 2.40 bits per heavy atom. The monoisotopic (exact) mass is 938 g/mol. The van der Waals surface area contributed by atoms with Crippen LogP contribution in [0.4, 0.5) is 45.0 Å². The lowest BCUT2D eigenvalue weighted by Gasteiger charge is -2.43. The van der Waals surface area contributed by atoms with E-state index in [1.165, 1.54) is 0 Å². The first-order valence-electron chi connectivity index (χ1n) is 23.8. The van der Waals surface area contributed by atoms with Crippen LogP contribution in [0.25, 0.3) is 11.2 Å². The Kier molecular flexibility index (Phi) is 14.1. The molecule has 5 aromatic rings. The number of nitrogens with zero attached hydrogens (tertiary/aromatic N) is 13. The van der Waals surface area contributed by atoms with Crippen molar-refractivity contribution in [2.75, 3.05) is 106 Å². The number of likely N-dealkylation sites (N-methyl/N-ethyl adjacent to an activating group) is 1. The molecule has 4 aromatic heterocycles. The van der Waals surface area contributed by atoms with Gasteiger partial charge in [0.15, 0.2) is 22.8 Å². The van der Waals surface area contributed by atoms with Crippen LogP contribution in [0.3, 0.4) is 0 Å². The second kappa shape index (κ2) is 20.5. The van der Waals surface area contributed by atoms with E-state index in [0.717, 1.165) is 83.6 Å². The number of hydrogen-bond acceptors (Lipinski definition) is 17. The molecule has 2 saturated heterocycles. The molecule has 1 unspecified atom stereocenters. The van der Waals surface area contributed by atoms with Gasteiger partial charge in [0, 0.05) is 71.5 Å². The number of methoxy groups -OCH3 is 2. The van der Waals surface area contributed by atoms with Gasteiger partial charge in [-0.3, -0.25) is 14.3 Å². The molecular weight excluding hydrogens is 874 g/mol. The second-order valence-electron chi connectivity index (χ2n) is 18.2. The first-order valence-corrected chi connectivity index (χ1v) is 23.8. The molecule has 1 aromatic carbocycles. The number of piperazine rings is 1. The van der Waals surface area contributed by atoms with E-state index in [2.05, 4.69) is 50.7 Å².